The van der Waals surface area contributed by atoms with Crippen molar-refractivity contribution >= 4 is 38.8 Å². The molecule has 3 heterocycles. The van der Waals surface area contributed by atoms with Crippen molar-refractivity contribution in [1.82, 2.24) is 14.9 Å². The number of halogens is 1. The number of piperazine rings is 1. The number of thiophene rings is 1. The third kappa shape index (κ3) is 3.23. The average Bonchev–Trinajstić information content (AvgIpc) is 3.25. The minimum Gasteiger partial charge on any atom is -0.369 e. The van der Waals surface area contributed by atoms with Crippen molar-refractivity contribution in [3.63, 3.8) is 0 Å². The highest BCUT2D eigenvalue weighted by Crippen LogP contribution is 2.34. The van der Waals surface area contributed by atoms with Gasteiger partial charge in [0.15, 0.2) is 0 Å². The molecule has 7 heteroatoms. The number of rotatable bonds is 3. The molecule has 5 rings (SSSR count). The summed E-state index contributed by atoms with van der Waals surface area (Å²) in [5.74, 6) is 0.782. The lowest BCUT2D eigenvalue weighted by atomic mass is 10.1. The third-order valence-electron chi connectivity index (χ3n) is 5.88. The summed E-state index contributed by atoms with van der Waals surface area (Å²) in [6.45, 7) is 6.58. The van der Waals surface area contributed by atoms with Gasteiger partial charge in [-0.05, 0) is 49.4 Å². The lowest BCUT2D eigenvalue weighted by Gasteiger charge is -2.36. The number of hydrogen-bond donors (Lipinski definition) is 1. The SMILES string of the molecule is Cc1ccc(Cl)cc1N1CCN(Cc2nc3sc4c(c3c(=O)[nH]2)CCC4)CC1. The van der Waals surface area contributed by atoms with E-state index in [0.29, 0.717) is 6.54 Å². The Kier molecular flexibility index (Phi) is 4.65. The standard InChI is InChI=1S/C21H23ClN4OS/c1-13-5-6-14(22)11-16(13)26-9-7-25(8-10-26)12-18-23-20(27)19-15-3-2-4-17(15)28-21(19)24-18/h5-6,11H,2-4,7-10,12H2,1H3,(H,23,24,27). The molecule has 0 amide bonds. The number of nitrogens with one attached hydrogen (secondary N) is 1. The van der Waals surface area contributed by atoms with E-state index in [1.54, 1.807) is 11.3 Å². The van der Waals surface area contributed by atoms with E-state index in [2.05, 4.69) is 33.8 Å². The Bertz CT molecular complexity index is 1100. The summed E-state index contributed by atoms with van der Waals surface area (Å²) in [6.07, 6.45) is 3.27. The summed E-state index contributed by atoms with van der Waals surface area (Å²) < 4.78 is 0. The van der Waals surface area contributed by atoms with Gasteiger partial charge in [0, 0.05) is 41.8 Å². The van der Waals surface area contributed by atoms with Crippen LogP contribution in [0, 0.1) is 6.92 Å². The number of anilines is 1. The Labute approximate surface area is 173 Å². The highest BCUT2D eigenvalue weighted by Gasteiger charge is 2.23. The molecular weight excluding hydrogens is 392 g/mol. The maximum atomic E-state index is 12.6. The number of aromatic nitrogens is 2. The number of aromatic amines is 1. The number of nitrogens with zero attached hydrogens (tertiary/aromatic N) is 3. The van der Waals surface area contributed by atoms with Crippen LogP contribution in [-0.4, -0.2) is 41.0 Å². The number of hydrogen-bond acceptors (Lipinski definition) is 5. The highest BCUT2D eigenvalue weighted by atomic mass is 35.5. The molecule has 1 aliphatic heterocycles. The fourth-order valence-electron chi connectivity index (χ4n) is 4.40. The molecule has 0 unspecified atom stereocenters. The minimum absolute atomic E-state index is 0.0348. The molecule has 0 radical (unpaired) electrons. The quantitative estimate of drug-likeness (QED) is 0.709. The summed E-state index contributed by atoms with van der Waals surface area (Å²) in [5.41, 5.74) is 3.74. The molecule has 1 aromatic carbocycles. The second-order valence-electron chi connectivity index (χ2n) is 7.74. The van der Waals surface area contributed by atoms with Crippen molar-refractivity contribution in [2.75, 3.05) is 31.1 Å². The first kappa shape index (κ1) is 18.2. The summed E-state index contributed by atoms with van der Waals surface area (Å²) >= 11 is 7.89. The van der Waals surface area contributed by atoms with Crippen molar-refractivity contribution in [3.05, 3.63) is 55.4 Å². The molecule has 0 atom stereocenters. The Morgan fingerprint density at radius 2 is 2.04 bits per heavy atom. The lowest BCUT2D eigenvalue weighted by Crippen LogP contribution is -2.46. The van der Waals surface area contributed by atoms with Crippen LogP contribution in [0.25, 0.3) is 10.2 Å². The zero-order valence-corrected chi connectivity index (χ0v) is 17.5. The van der Waals surface area contributed by atoms with Gasteiger partial charge >= 0.3 is 0 Å². The molecule has 0 spiro atoms. The topological polar surface area (TPSA) is 52.2 Å². The molecule has 28 heavy (non-hydrogen) atoms. The number of fused-ring (bicyclic) bond motifs is 3. The number of aryl methyl sites for hydroxylation is 3. The Hall–Kier alpha value is -1.89. The molecule has 1 saturated heterocycles. The van der Waals surface area contributed by atoms with Crippen LogP contribution < -0.4 is 10.5 Å². The van der Waals surface area contributed by atoms with Gasteiger partial charge in [-0.3, -0.25) is 9.69 Å². The van der Waals surface area contributed by atoms with Gasteiger partial charge in [0.05, 0.1) is 11.9 Å². The van der Waals surface area contributed by atoms with E-state index in [1.807, 2.05) is 6.07 Å². The van der Waals surface area contributed by atoms with Gasteiger partial charge in [0.25, 0.3) is 5.56 Å². The molecule has 2 aromatic heterocycles. The van der Waals surface area contributed by atoms with Crippen molar-refractivity contribution in [2.24, 2.45) is 0 Å². The molecule has 1 N–H and O–H groups in total. The predicted octanol–water partition coefficient (Wildman–Crippen LogP) is 3.76. The second kappa shape index (κ2) is 7.17. The monoisotopic (exact) mass is 414 g/mol. The van der Waals surface area contributed by atoms with Crippen LogP contribution >= 0.6 is 22.9 Å². The zero-order chi connectivity index (χ0) is 19.3. The Balaban J connectivity index is 1.30. The van der Waals surface area contributed by atoms with E-state index in [9.17, 15) is 4.79 Å². The van der Waals surface area contributed by atoms with Crippen LogP contribution in [0.3, 0.4) is 0 Å². The van der Waals surface area contributed by atoms with Gasteiger partial charge in [0.1, 0.15) is 10.7 Å². The summed E-state index contributed by atoms with van der Waals surface area (Å²) in [5, 5.41) is 1.61. The lowest BCUT2D eigenvalue weighted by molar-refractivity contribution is 0.244. The van der Waals surface area contributed by atoms with Crippen molar-refractivity contribution in [2.45, 2.75) is 32.7 Å². The molecule has 0 saturated carbocycles. The van der Waals surface area contributed by atoms with Crippen molar-refractivity contribution in [1.29, 1.82) is 0 Å². The van der Waals surface area contributed by atoms with Gasteiger partial charge < -0.3 is 9.88 Å². The van der Waals surface area contributed by atoms with Gasteiger partial charge in [-0.15, -0.1) is 11.3 Å². The van der Waals surface area contributed by atoms with Gasteiger partial charge in [0.2, 0.25) is 0 Å². The summed E-state index contributed by atoms with van der Waals surface area (Å²) in [6, 6.07) is 6.07. The van der Waals surface area contributed by atoms with E-state index in [4.69, 9.17) is 16.6 Å². The highest BCUT2D eigenvalue weighted by molar-refractivity contribution is 7.18. The van der Waals surface area contributed by atoms with Crippen molar-refractivity contribution < 1.29 is 0 Å². The second-order valence-corrected chi connectivity index (χ2v) is 9.26. The van der Waals surface area contributed by atoms with E-state index < -0.39 is 0 Å². The van der Waals surface area contributed by atoms with Crippen LogP contribution in [-0.2, 0) is 19.4 Å². The fraction of sp³-hybridized carbons (Fsp3) is 0.429. The van der Waals surface area contributed by atoms with Crippen LogP contribution in [0.2, 0.25) is 5.02 Å². The molecule has 3 aromatic rings. The van der Waals surface area contributed by atoms with Crippen LogP contribution in [0.1, 0.15) is 28.2 Å². The van der Waals surface area contributed by atoms with E-state index in [1.165, 1.54) is 21.7 Å². The van der Waals surface area contributed by atoms with E-state index in [-0.39, 0.29) is 5.56 Å². The van der Waals surface area contributed by atoms with Crippen molar-refractivity contribution in [3.8, 4) is 0 Å². The largest absolute Gasteiger partial charge is 0.369 e. The zero-order valence-electron chi connectivity index (χ0n) is 15.9. The molecule has 5 nitrogen and oxygen atoms in total. The Morgan fingerprint density at radius 3 is 2.86 bits per heavy atom. The molecule has 1 fully saturated rings. The molecular formula is C21H23ClN4OS. The normalized spacial score (nSPS) is 17.4. The van der Waals surface area contributed by atoms with E-state index in [0.717, 1.165) is 66.5 Å². The first-order valence-electron chi connectivity index (χ1n) is 9.85. The summed E-state index contributed by atoms with van der Waals surface area (Å²) in [7, 11) is 0. The fourth-order valence-corrected chi connectivity index (χ4v) is 5.85. The molecule has 0 bridgehead atoms. The van der Waals surface area contributed by atoms with E-state index >= 15 is 0 Å². The first-order chi connectivity index (χ1) is 13.6. The van der Waals surface area contributed by atoms with Crippen LogP contribution in [0.15, 0.2) is 23.0 Å². The first-order valence-corrected chi connectivity index (χ1v) is 11.0. The predicted molar refractivity (Wildman–Crippen MR) is 116 cm³/mol. The molecule has 146 valence electrons. The Morgan fingerprint density at radius 1 is 1.21 bits per heavy atom. The van der Waals surface area contributed by atoms with Crippen LogP contribution in [0.5, 0.6) is 0 Å². The van der Waals surface area contributed by atoms with Gasteiger partial charge in [-0.2, -0.15) is 0 Å². The smallest absolute Gasteiger partial charge is 0.259 e. The maximum Gasteiger partial charge on any atom is 0.259 e. The number of benzene rings is 1. The molecule has 1 aliphatic carbocycles. The van der Waals surface area contributed by atoms with Crippen LogP contribution in [0.4, 0.5) is 5.69 Å². The third-order valence-corrected chi connectivity index (χ3v) is 7.30. The molecule has 2 aliphatic rings. The maximum absolute atomic E-state index is 12.6. The van der Waals surface area contributed by atoms with Gasteiger partial charge in [-0.1, -0.05) is 17.7 Å². The minimum atomic E-state index is 0.0348. The summed E-state index contributed by atoms with van der Waals surface area (Å²) in [4.78, 5) is 27.5. The van der Waals surface area contributed by atoms with Gasteiger partial charge in [-0.25, -0.2) is 4.98 Å². The number of H-pyrrole nitrogens is 1. The average molecular weight is 415 g/mol.